The van der Waals surface area contributed by atoms with Crippen molar-refractivity contribution in [3.63, 3.8) is 0 Å². The first-order chi connectivity index (χ1) is 9.95. The van der Waals surface area contributed by atoms with Gasteiger partial charge in [-0.3, -0.25) is 14.5 Å². The number of rotatable bonds is 3. The van der Waals surface area contributed by atoms with Gasteiger partial charge in [-0.15, -0.1) is 0 Å². The van der Waals surface area contributed by atoms with Crippen LogP contribution in [0.25, 0.3) is 0 Å². The van der Waals surface area contributed by atoms with Crippen LogP contribution < -0.4 is 11.1 Å². The molecule has 1 aromatic rings. The maximum absolute atomic E-state index is 12.1. The molecular weight excluding hydrogens is 292 g/mol. The summed E-state index contributed by atoms with van der Waals surface area (Å²) in [6.45, 7) is 1.85. The Kier molecular flexibility index (Phi) is 5.03. The first-order valence-corrected chi connectivity index (χ1v) is 7.14. The number of benzene rings is 1. The Labute approximate surface area is 128 Å². The summed E-state index contributed by atoms with van der Waals surface area (Å²) in [4.78, 5) is 27.4. The van der Waals surface area contributed by atoms with Crippen LogP contribution in [0, 0.1) is 0 Å². The summed E-state index contributed by atoms with van der Waals surface area (Å²) in [5, 5.41) is 3.16. The van der Waals surface area contributed by atoms with Crippen molar-refractivity contribution in [2.24, 2.45) is 0 Å². The third-order valence-corrected chi connectivity index (χ3v) is 3.71. The Hall–Kier alpha value is -1.79. The minimum atomic E-state index is -0.208. The monoisotopic (exact) mass is 310 g/mol. The minimum Gasteiger partial charge on any atom is -0.399 e. The van der Waals surface area contributed by atoms with E-state index in [9.17, 15) is 9.59 Å². The summed E-state index contributed by atoms with van der Waals surface area (Å²) >= 11 is 6.01. The van der Waals surface area contributed by atoms with Gasteiger partial charge in [0, 0.05) is 25.8 Å². The van der Waals surface area contributed by atoms with Gasteiger partial charge in [-0.1, -0.05) is 11.6 Å². The molecule has 0 aliphatic carbocycles. The summed E-state index contributed by atoms with van der Waals surface area (Å²) < 4.78 is 0. The number of carbonyl (C=O) groups is 2. The number of halogens is 1. The van der Waals surface area contributed by atoms with Crippen LogP contribution >= 0.6 is 11.6 Å². The van der Waals surface area contributed by atoms with E-state index < -0.39 is 0 Å². The van der Waals surface area contributed by atoms with E-state index in [2.05, 4.69) is 5.32 Å². The predicted octanol–water partition coefficient (Wildman–Crippen LogP) is 1.02. The number of anilines is 2. The van der Waals surface area contributed by atoms with Crippen LogP contribution in [0.2, 0.25) is 5.02 Å². The second kappa shape index (κ2) is 6.78. The third kappa shape index (κ3) is 4.34. The molecule has 2 amide bonds. The maximum atomic E-state index is 12.1. The second-order valence-corrected chi connectivity index (χ2v) is 5.57. The van der Waals surface area contributed by atoms with E-state index in [0.717, 1.165) is 13.0 Å². The Morgan fingerprint density at radius 2 is 2.19 bits per heavy atom. The highest BCUT2D eigenvalue weighted by atomic mass is 35.5. The molecule has 0 atom stereocenters. The Bertz CT molecular complexity index is 550. The molecule has 1 aliphatic heterocycles. The molecule has 7 heteroatoms. The fraction of sp³-hybridized carbons (Fsp3) is 0.429. The summed E-state index contributed by atoms with van der Waals surface area (Å²) in [5.41, 5.74) is 6.69. The lowest BCUT2D eigenvalue weighted by Gasteiger charge is -2.19. The van der Waals surface area contributed by atoms with Gasteiger partial charge in [0.2, 0.25) is 11.8 Å². The van der Waals surface area contributed by atoms with Gasteiger partial charge in [0.05, 0.1) is 23.8 Å². The molecule has 0 unspecified atom stereocenters. The molecule has 6 nitrogen and oxygen atoms in total. The zero-order chi connectivity index (χ0) is 15.4. The average molecular weight is 311 g/mol. The van der Waals surface area contributed by atoms with Gasteiger partial charge in [0.25, 0.3) is 0 Å². The van der Waals surface area contributed by atoms with Gasteiger partial charge in [0.1, 0.15) is 0 Å². The molecule has 3 N–H and O–H groups in total. The fourth-order valence-electron chi connectivity index (χ4n) is 2.21. The SMILES string of the molecule is CN1CCCN(CC(=O)Nc2cc(N)ccc2Cl)CC1=O. The number of nitrogens with two attached hydrogens (primary N) is 1. The van der Waals surface area contributed by atoms with Gasteiger partial charge >= 0.3 is 0 Å². The number of nitrogens with one attached hydrogen (secondary N) is 1. The predicted molar refractivity (Wildman–Crippen MR) is 83.2 cm³/mol. The number of likely N-dealkylation sites (N-methyl/N-ethyl adjacent to an activating group) is 1. The van der Waals surface area contributed by atoms with Crippen molar-refractivity contribution in [2.75, 3.05) is 44.3 Å². The van der Waals surface area contributed by atoms with Crippen molar-refractivity contribution >= 4 is 34.8 Å². The van der Waals surface area contributed by atoms with Gasteiger partial charge in [0.15, 0.2) is 0 Å². The second-order valence-electron chi connectivity index (χ2n) is 5.17. The van der Waals surface area contributed by atoms with Gasteiger partial charge in [-0.25, -0.2) is 0 Å². The topological polar surface area (TPSA) is 78.7 Å². The van der Waals surface area contributed by atoms with Crippen LogP contribution in [0.4, 0.5) is 11.4 Å². The summed E-state index contributed by atoms with van der Waals surface area (Å²) in [6.07, 6.45) is 0.856. The van der Waals surface area contributed by atoms with Crippen LogP contribution in [-0.4, -0.2) is 54.8 Å². The molecular formula is C14H19ClN4O2. The van der Waals surface area contributed by atoms with Crippen molar-refractivity contribution in [2.45, 2.75) is 6.42 Å². The first kappa shape index (κ1) is 15.6. The molecule has 2 rings (SSSR count). The highest BCUT2D eigenvalue weighted by Crippen LogP contribution is 2.23. The lowest BCUT2D eigenvalue weighted by Crippen LogP contribution is -2.38. The standard InChI is InChI=1S/C14H19ClN4O2/c1-18-5-2-6-19(9-14(18)21)8-13(20)17-12-7-10(16)3-4-11(12)15/h3-4,7H,2,5-6,8-9,16H2,1H3,(H,17,20). The molecule has 1 saturated heterocycles. The molecule has 114 valence electrons. The Morgan fingerprint density at radius 3 is 2.95 bits per heavy atom. The summed E-state index contributed by atoms with van der Waals surface area (Å²) in [5.74, 6) is -0.179. The smallest absolute Gasteiger partial charge is 0.238 e. The van der Waals surface area contributed by atoms with Crippen LogP contribution in [0.1, 0.15) is 6.42 Å². The zero-order valence-corrected chi connectivity index (χ0v) is 12.7. The highest BCUT2D eigenvalue weighted by molar-refractivity contribution is 6.33. The molecule has 1 heterocycles. The van der Waals surface area contributed by atoms with Crippen molar-refractivity contribution in [3.05, 3.63) is 23.2 Å². The maximum Gasteiger partial charge on any atom is 0.238 e. The zero-order valence-electron chi connectivity index (χ0n) is 11.9. The third-order valence-electron chi connectivity index (χ3n) is 3.38. The summed E-state index contributed by atoms with van der Waals surface area (Å²) in [6, 6.07) is 4.92. The Balaban J connectivity index is 1.95. The number of nitrogens with zero attached hydrogens (tertiary/aromatic N) is 2. The lowest BCUT2D eigenvalue weighted by molar-refractivity contribution is -0.130. The molecule has 0 bridgehead atoms. The fourth-order valence-corrected chi connectivity index (χ4v) is 2.38. The van der Waals surface area contributed by atoms with E-state index in [0.29, 0.717) is 22.9 Å². The quantitative estimate of drug-likeness (QED) is 0.817. The lowest BCUT2D eigenvalue weighted by atomic mass is 10.2. The van der Waals surface area contributed by atoms with Crippen molar-refractivity contribution in [3.8, 4) is 0 Å². The largest absolute Gasteiger partial charge is 0.399 e. The number of amides is 2. The molecule has 21 heavy (non-hydrogen) atoms. The van der Waals surface area contributed by atoms with Gasteiger partial charge in [-0.2, -0.15) is 0 Å². The van der Waals surface area contributed by atoms with Crippen LogP contribution in [0.5, 0.6) is 0 Å². The van der Waals surface area contributed by atoms with E-state index in [1.807, 2.05) is 4.90 Å². The highest BCUT2D eigenvalue weighted by Gasteiger charge is 2.20. The Morgan fingerprint density at radius 1 is 1.43 bits per heavy atom. The molecule has 1 aromatic carbocycles. The molecule has 0 aromatic heterocycles. The van der Waals surface area contributed by atoms with Crippen molar-refractivity contribution < 1.29 is 9.59 Å². The molecule has 0 radical (unpaired) electrons. The number of carbonyl (C=O) groups excluding carboxylic acids is 2. The normalized spacial score (nSPS) is 16.7. The van der Waals surface area contributed by atoms with Crippen LogP contribution in [0.3, 0.4) is 0 Å². The molecule has 0 spiro atoms. The molecule has 1 aliphatic rings. The van der Waals surface area contributed by atoms with Crippen molar-refractivity contribution in [1.29, 1.82) is 0 Å². The summed E-state index contributed by atoms with van der Waals surface area (Å²) in [7, 11) is 1.78. The van der Waals surface area contributed by atoms with E-state index in [-0.39, 0.29) is 24.9 Å². The van der Waals surface area contributed by atoms with Gasteiger partial charge < -0.3 is 16.0 Å². The van der Waals surface area contributed by atoms with E-state index >= 15 is 0 Å². The number of nitrogen functional groups attached to an aromatic ring is 1. The molecule has 0 saturated carbocycles. The van der Waals surface area contributed by atoms with Crippen molar-refractivity contribution in [1.82, 2.24) is 9.80 Å². The molecule has 1 fully saturated rings. The minimum absolute atomic E-state index is 0.0299. The first-order valence-electron chi connectivity index (χ1n) is 6.77. The average Bonchev–Trinajstić information content (AvgIpc) is 2.56. The van der Waals surface area contributed by atoms with E-state index in [1.54, 1.807) is 30.1 Å². The number of hydrogen-bond acceptors (Lipinski definition) is 4. The van der Waals surface area contributed by atoms with Gasteiger partial charge in [-0.05, 0) is 24.6 Å². The number of hydrogen-bond donors (Lipinski definition) is 2. The van der Waals surface area contributed by atoms with Crippen LogP contribution in [0.15, 0.2) is 18.2 Å². The van der Waals surface area contributed by atoms with Crippen LogP contribution in [-0.2, 0) is 9.59 Å². The van der Waals surface area contributed by atoms with E-state index in [1.165, 1.54) is 0 Å². The van der Waals surface area contributed by atoms with E-state index in [4.69, 9.17) is 17.3 Å².